The third-order valence-corrected chi connectivity index (χ3v) is 5.60. The van der Waals surface area contributed by atoms with Crippen LogP contribution in [0.3, 0.4) is 0 Å². The van der Waals surface area contributed by atoms with Gasteiger partial charge in [0.1, 0.15) is 4.21 Å². The van der Waals surface area contributed by atoms with Crippen LogP contribution in [0.15, 0.2) is 32.5 Å². The maximum absolute atomic E-state index is 12.0. The number of thiophene rings is 2. The van der Waals surface area contributed by atoms with E-state index in [9.17, 15) is 8.42 Å². The fourth-order valence-electron chi connectivity index (χ4n) is 1.32. The highest BCUT2D eigenvalue weighted by Crippen LogP contribution is 2.23. The topological polar surface area (TPSA) is 58.2 Å². The lowest BCUT2D eigenvalue weighted by molar-refractivity contribution is 0.603. The lowest BCUT2D eigenvalue weighted by Crippen LogP contribution is -2.11. The van der Waals surface area contributed by atoms with E-state index in [1.165, 1.54) is 22.7 Å². The molecule has 2 aromatic rings. The number of sulfonamides is 1. The van der Waals surface area contributed by atoms with E-state index in [1.807, 2.05) is 17.8 Å². The van der Waals surface area contributed by atoms with Crippen LogP contribution < -0.4 is 10.0 Å². The number of nitrogens with one attached hydrogen (secondary N) is 2. The Balaban J connectivity index is 2.19. The minimum atomic E-state index is -3.43. The molecule has 0 amide bonds. The predicted octanol–water partition coefficient (Wildman–Crippen LogP) is 2.33. The average molecular weight is 288 g/mol. The minimum Gasteiger partial charge on any atom is -0.316 e. The van der Waals surface area contributed by atoms with Crippen LogP contribution in [0, 0.1) is 0 Å². The van der Waals surface area contributed by atoms with Gasteiger partial charge in [0.2, 0.25) is 0 Å². The van der Waals surface area contributed by atoms with Crippen LogP contribution >= 0.6 is 22.7 Å². The lowest BCUT2D eigenvalue weighted by Gasteiger charge is -2.02. The quantitative estimate of drug-likeness (QED) is 0.888. The van der Waals surface area contributed by atoms with E-state index in [0.717, 1.165) is 5.56 Å². The summed E-state index contributed by atoms with van der Waals surface area (Å²) >= 11 is 2.69. The van der Waals surface area contributed by atoms with Gasteiger partial charge in [0.05, 0.1) is 5.69 Å². The van der Waals surface area contributed by atoms with Crippen LogP contribution in [-0.2, 0) is 16.6 Å². The van der Waals surface area contributed by atoms with Crippen LogP contribution in [0.1, 0.15) is 5.56 Å². The van der Waals surface area contributed by atoms with Gasteiger partial charge in [-0.25, -0.2) is 8.42 Å². The first-order chi connectivity index (χ1) is 8.12. The van der Waals surface area contributed by atoms with Crippen LogP contribution in [0.25, 0.3) is 0 Å². The molecule has 0 fully saturated rings. The van der Waals surface area contributed by atoms with Gasteiger partial charge in [0.15, 0.2) is 0 Å². The summed E-state index contributed by atoms with van der Waals surface area (Å²) in [6, 6.07) is 3.43. The Morgan fingerprint density at radius 3 is 2.82 bits per heavy atom. The monoisotopic (exact) mass is 288 g/mol. The van der Waals surface area contributed by atoms with Crippen LogP contribution in [0.4, 0.5) is 5.69 Å². The van der Waals surface area contributed by atoms with Crippen LogP contribution in [0.2, 0.25) is 0 Å². The molecule has 0 aliphatic rings. The van der Waals surface area contributed by atoms with Crippen molar-refractivity contribution < 1.29 is 8.42 Å². The molecular formula is C10H12N2O2S3. The second kappa shape index (κ2) is 5.18. The van der Waals surface area contributed by atoms with E-state index in [1.54, 1.807) is 17.5 Å². The zero-order valence-electron chi connectivity index (χ0n) is 9.14. The Kier molecular flexibility index (Phi) is 3.82. The first kappa shape index (κ1) is 12.6. The highest BCUT2D eigenvalue weighted by Gasteiger charge is 2.16. The first-order valence-corrected chi connectivity index (χ1v) is 8.19. The summed E-state index contributed by atoms with van der Waals surface area (Å²) in [6.45, 7) is 0.671. The molecule has 2 N–H and O–H groups in total. The molecule has 0 spiro atoms. The number of hydrogen-bond acceptors (Lipinski definition) is 5. The van der Waals surface area contributed by atoms with E-state index in [-0.39, 0.29) is 0 Å². The van der Waals surface area contributed by atoms with Gasteiger partial charge in [-0.05, 0) is 35.5 Å². The molecule has 0 saturated heterocycles. The van der Waals surface area contributed by atoms with Crippen molar-refractivity contribution in [3.05, 3.63) is 33.8 Å². The van der Waals surface area contributed by atoms with Gasteiger partial charge in [-0.15, -0.1) is 11.3 Å². The number of hydrogen-bond donors (Lipinski definition) is 2. The average Bonchev–Trinajstić information content (AvgIpc) is 2.88. The fraction of sp³-hybridized carbons (Fsp3) is 0.200. The smallest absolute Gasteiger partial charge is 0.271 e. The van der Waals surface area contributed by atoms with E-state index in [2.05, 4.69) is 10.0 Å². The van der Waals surface area contributed by atoms with E-state index < -0.39 is 10.0 Å². The Morgan fingerprint density at radius 1 is 1.35 bits per heavy atom. The van der Waals surface area contributed by atoms with Gasteiger partial charge in [0.25, 0.3) is 10.0 Å². The summed E-state index contributed by atoms with van der Waals surface area (Å²) in [5.41, 5.74) is 1.58. The standard InChI is InChI=1S/C10H12N2O2S3/c1-11-5-8-4-10(16-6-8)17(13,14)12-9-2-3-15-7-9/h2-4,6-7,11-12H,5H2,1H3. The van der Waals surface area contributed by atoms with E-state index in [4.69, 9.17) is 0 Å². The van der Waals surface area contributed by atoms with Crippen molar-refractivity contribution in [1.29, 1.82) is 0 Å². The molecule has 0 aromatic carbocycles. The highest BCUT2D eigenvalue weighted by atomic mass is 32.2. The van der Waals surface area contributed by atoms with Crippen molar-refractivity contribution in [2.45, 2.75) is 10.8 Å². The van der Waals surface area contributed by atoms with Gasteiger partial charge in [-0.3, -0.25) is 4.72 Å². The Hall–Kier alpha value is -0.890. The molecule has 0 unspecified atom stereocenters. The van der Waals surface area contributed by atoms with Crippen molar-refractivity contribution in [1.82, 2.24) is 5.32 Å². The summed E-state index contributed by atoms with van der Waals surface area (Å²) in [5, 5.41) is 8.43. The van der Waals surface area contributed by atoms with Crippen molar-refractivity contribution in [3.8, 4) is 0 Å². The highest BCUT2D eigenvalue weighted by molar-refractivity contribution is 7.94. The third-order valence-electron chi connectivity index (χ3n) is 2.05. The fourth-order valence-corrected chi connectivity index (χ4v) is 4.24. The normalized spacial score (nSPS) is 11.6. The van der Waals surface area contributed by atoms with Gasteiger partial charge in [0, 0.05) is 11.9 Å². The van der Waals surface area contributed by atoms with Crippen LogP contribution in [-0.4, -0.2) is 15.5 Å². The SMILES string of the molecule is CNCc1csc(S(=O)(=O)Nc2ccsc2)c1. The summed E-state index contributed by atoms with van der Waals surface area (Å²) in [5.74, 6) is 0. The lowest BCUT2D eigenvalue weighted by atomic mass is 10.3. The first-order valence-electron chi connectivity index (χ1n) is 4.89. The molecule has 0 atom stereocenters. The second-order valence-corrected chi connectivity index (χ2v) is 7.02. The molecular weight excluding hydrogens is 276 g/mol. The molecule has 4 nitrogen and oxygen atoms in total. The van der Waals surface area contributed by atoms with Gasteiger partial charge >= 0.3 is 0 Å². The second-order valence-electron chi connectivity index (χ2n) is 3.42. The Labute approximate surface area is 108 Å². The Morgan fingerprint density at radius 2 is 2.18 bits per heavy atom. The molecule has 2 heterocycles. The third kappa shape index (κ3) is 3.06. The van der Waals surface area contributed by atoms with E-state index >= 15 is 0 Å². The number of anilines is 1. The summed E-state index contributed by atoms with van der Waals surface area (Å²) in [6.07, 6.45) is 0. The van der Waals surface area contributed by atoms with Crippen molar-refractivity contribution in [3.63, 3.8) is 0 Å². The minimum absolute atomic E-state index is 0.342. The Bertz CT molecular complexity index is 572. The molecule has 17 heavy (non-hydrogen) atoms. The molecule has 2 aromatic heterocycles. The molecule has 2 rings (SSSR count). The molecule has 0 saturated carbocycles. The largest absolute Gasteiger partial charge is 0.316 e. The molecule has 0 bridgehead atoms. The molecule has 7 heteroatoms. The molecule has 0 aliphatic carbocycles. The maximum Gasteiger partial charge on any atom is 0.271 e. The molecule has 0 radical (unpaired) electrons. The zero-order chi connectivity index (χ0) is 12.3. The summed E-state index contributed by atoms with van der Waals surface area (Å²) < 4.78 is 26.9. The van der Waals surface area contributed by atoms with Crippen molar-refractivity contribution in [2.75, 3.05) is 11.8 Å². The maximum atomic E-state index is 12.0. The van der Waals surface area contributed by atoms with Crippen molar-refractivity contribution in [2.24, 2.45) is 0 Å². The van der Waals surface area contributed by atoms with Gasteiger partial charge in [-0.1, -0.05) is 0 Å². The van der Waals surface area contributed by atoms with Crippen LogP contribution in [0.5, 0.6) is 0 Å². The van der Waals surface area contributed by atoms with E-state index in [0.29, 0.717) is 16.4 Å². The number of rotatable bonds is 5. The van der Waals surface area contributed by atoms with Gasteiger partial charge < -0.3 is 5.32 Å². The van der Waals surface area contributed by atoms with Crippen molar-refractivity contribution >= 4 is 38.4 Å². The molecule has 92 valence electrons. The summed E-state index contributed by atoms with van der Waals surface area (Å²) in [4.78, 5) is 0. The molecule has 0 aliphatic heterocycles. The zero-order valence-corrected chi connectivity index (χ0v) is 11.6. The van der Waals surface area contributed by atoms with Gasteiger partial charge in [-0.2, -0.15) is 11.3 Å². The summed E-state index contributed by atoms with van der Waals surface area (Å²) in [7, 11) is -1.60. The predicted molar refractivity (Wildman–Crippen MR) is 72.2 cm³/mol.